The summed E-state index contributed by atoms with van der Waals surface area (Å²) in [7, 11) is 3.81. The van der Waals surface area contributed by atoms with Crippen molar-refractivity contribution in [3.8, 4) is 5.88 Å². The Kier molecular flexibility index (Phi) is 4.62. The minimum absolute atomic E-state index is 0.0459. The van der Waals surface area contributed by atoms with Gasteiger partial charge in [0.15, 0.2) is 0 Å². The molecule has 0 spiro atoms. The first-order chi connectivity index (χ1) is 8.77. The molecule has 1 aromatic rings. The number of nitrogens with one attached hydrogen (secondary N) is 1. The van der Waals surface area contributed by atoms with E-state index in [1.807, 2.05) is 32.8 Å². The Bertz CT molecular complexity index is 462. The monoisotopic (exact) mass is 269 g/mol. The predicted molar refractivity (Wildman–Crippen MR) is 72.0 cm³/mol. The summed E-state index contributed by atoms with van der Waals surface area (Å²) in [5.41, 5.74) is 1.87. The third-order valence-electron chi connectivity index (χ3n) is 2.96. The van der Waals surface area contributed by atoms with E-state index in [1.54, 1.807) is 0 Å². The zero-order valence-corrected chi connectivity index (χ0v) is 11.5. The van der Waals surface area contributed by atoms with Gasteiger partial charge in [-0.3, -0.25) is 10.1 Å². The number of hydrogen-bond acceptors (Lipinski definition) is 7. The van der Waals surface area contributed by atoms with Crippen LogP contribution < -0.4 is 16.0 Å². The van der Waals surface area contributed by atoms with Gasteiger partial charge in [0.25, 0.3) is 5.88 Å². The molecule has 8 heteroatoms. The topological polar surface area (TPSA) is 107 Å². The molecule has 0 aliphatic rings. The van der Waals surface area contributed by atoms with Crippen LogP contribution >= 0.6 is 0 Å². The summed E-state index contributed by atoms with van der Waals surface area (Å²) >= 11 is 0. The van der Waals surface area contributed by atoms with Gasteiger partial charge in [-0.05, 0) is 34.0 Å². The van der Waals surface area contributed by atoms with Crippen LogP contribution in [0.2, 0.25) is 0 Å². The quantitative estimate of drug-likeness (QED) is 0.450. The van der Waals surface area contributed by atoms with E-state index in [-0.39, 0.29) is 23.7 Å². The molecular formula is C11H19N5O3. The SMILES string of the molecule is CN(C)C(C)(C)COc1nc(NN)ccc1[N+](=O)[O-]. The summed E-state index contributed by atoms with van der Waals surface area (Å²) in [5, 5.41) is 10.9. The zero-order valence-electron chi connectivity index (χ0n) is 11.5. The fourth-order valence-corrected chi connectivity index (χ4v) is 1.13. The maximum Gasteiger partial charge on any atom is 0.331 e. The highest BCUT2D eigenvalue weighted by Gasteiger charge is 2.25. The number of nitrogen functional groups attached to an aromatic ring is 1. The van der Waals surface area contributed by atoms with E-state index in [0.29, 0.717) is 5.82 Å². The summed E-state index contributed by atoms with van der Waals surface area (Å²) in [6.45, 7) is 4.19. The number of ether oxygens (including phenoxy) is 1. The highest BCUT2D eigenvalue weighted by molar-refractivity contribution is 5.48. The molecule has 1 aromatic heterocycles. The largest absolute Gasteiger partial charge is 0.471 e. The second-order valence-corrected chi connectivity index (χ2v) is 4.92. The van der Waals surface area contributed by atoms with Crippen LogP contribution in [0, 0.1) is 10.1 Å². The van der Waals surface area contributed by atoms with Crippen molar-refractivity contribution in [2.75, 3.05) is 26.1 Å². The van der Waals surface area contributed by atoms with E-state index in [4.69, 9.17) is 10.6 Å². The van der Waals surface area contributed by atoms with Crippen LogP contribution in [0.5, 0.6) is 5.88 Å². The van der Waals surface area contributed by atoms with E-state index in [9.17, 15) is 10.1 Å². The minimum atomic E-state index is -0.536. The molecule has 0 atom stereocenters. The van der Waals surface area contributed by atoms with Crippen molar-refractivity contribution in [3.05, 3.63) is 22.2 Å². The Hall–Kier alpha value is -1.93. The number of likely N-dealkylation sites (N-methyl/N-ethyl adjacent to an activating group) is 1. The molecule has 0 amide bonds. The molecule has 0 aliphatic carbocycles. The first-order valence-corrected chi connectivity index (χ1v) is 5.70. The fourth-order valence-electron chi connectivity index (χ4n) is 1.13. The molecule has 0 aliphatic heterocycles. The lowest BCUT2D eigenvalue weighted by atomic mass is 10.1. The average molecular weight is 269 g/mol. The lowest BCUT2D eigenvalue weighted by Gasteiger charge is -2.31. The van der Waals surface area contributed by atoms with E-state index in [1.165, 1.54) is 12.1 Å². The smallest absolute Gasteiger partial charge is 0.331 e. The van der Waals surface area contributed by atoms with Gasteiger partial charge in [-0.25, -0.2) is 5.84 Å². The first-order valence-electron chi connectivity index (χ1n) is 5.70. The first kappa shape index (κ1) is 15.1. The van der Waals surface area contributed by atoms with Crippen molar-refractivity contribution in [1.29, 1.82) is 0 Å². The van der Waals surface area contributed by atoms with Gasteiger partial charge in [0.05, 0.1) is 4.92 Å². The molecule has 3 N–H and O–H groups in total. The minimum Gasteiger partial charge on any atom is -0.471 e. The van der Waals surface area contributed by atoms with E-state index in [0.717, 1.165) is 0 Å². The molecule has 0 radical (unpaired) electrons. The van der Waals surface area contributed by atoms with Crippen LogP contribution in [-0.4, -0.2) is 41.0 Å². The maximum absolute atomic E-state index is 10.9. The molecule has 0 fully saturated rings. The van der Waals surface area contributed by atoms with E-state index < -0.39 is 4.92 Å². The zero-order chi connectivity index (χ0) is 14.6. The molecule has 1 rings (SSSR count). The summed E-state index contributed by atoms with van der Waals surface area (Å²) in [6, 6.07) is 2.72. The third kappa shape index (κ3) is 3.76. The molecule has 19 heavy (non-hydrogen) atoms. The van der Waals surface area contributed by atoms with Gasteiger partial charge in [-0.2, -0.15) is 4.98 Å². The van der Waals surface area contributed by atoms with Gasteiger partial charge in [-0.1, -0.05) is 0 Å². The van der Waals surface area contributed by atoms with Crippen molar-refractivity contribution in [2.24, 2.45) is 5.84 Å². The molecule has 0 bridgehead atoms. The van der Waals surface area contributed by atoms with Crippen molar-refractivity contribution < 1.29 is 9.66 Å². The molecule has 0 saturated heterocycles. The lowest BCUT2D eigenvalue weighted by Crippen LogP contribution is -2.43. The number of hydrazine groups is 1. The Morgan fingerprint density at radius 1 is 1.53 bits per heavy atom. The summed E-state index contributed by atoms with van der Waals surface area (Å²) in [4.78, 5) is 16.3. The molecular weight excluding hydrogens is 250 g/mol. The number of aromatic nitrogens is 1. The van der Waals surface area contributed by atoms with Gasteiger partial charge in [0.2, 0.25) is 0 Å². The summed E-state index contributed by atoms with van der Waals surface area (Å²) in [6.07, 6.45) is 0. The Morgan fingerprint density at radius 2 is 2.16 bits per heavy atom. The number of anilines is 1. The van der Waals surface area contributed by atoms with Crippen LogP contribution in [0.25, 0.3) is 0 Å². The number of nitro groups is 1. The molecule has 0 aromatic carbocycles. The van der Waals surface area contributed by atoms with Gasteiger partial charge in [-0.15, -0.1) is 0 Å². The predicted octanol–water partition coefficient (Wildman–Crippen LogP) is 0.994. The Morgan fingerprint density at radius 3 is 2.63 bits per heavy atom. The normalized spacial score (nSPS) is 11.5. The molecule has 0 unspecified atom stereocenters. The van der Waals surface area contributed by atoms with Crippen molar-refractivity contribution in [3.63, 3.8) is 0 Å². The van der Waals surface area contributed by atoms with Gasteiger partial charge in [0.1, 0.15) is 12.4 Å². The number of nitrogens with two attached hydrogens (primary N) is 1. The average Bonchev–Trinajstić information content (AvgIpc) is 2.35. The van der Waals surface area contributed by atoms with Crippen LogP contribution in [0.4, 0.5) is 11.5 Å². The van der Waals surface area contributed by atoms with Crippen molar-refractivity contribution >= 4 is 11.5 Å². The van der Waals surface area contributed by atoms with Crippen LogP contribution in [0.1, 0.15) is 13.8 Å². The molecule has 106 valence electrons. The standard InChI is InChI=1S/C11H19N5O3/c1-11(2,15(3)4)7-19-10-8(16(17)18)5-6-9(13-10)14-12/h5-6H,7,12H2,1-4H3,(H,13,14). The van der Waals surface area contributed by atoms with Gasteiger partial charge < -0.3 is 15.1 Å². The van der Waals surface area contributed by atoms with Crippen LogP contribution in [0.3, 0.4) is 0 Å². The van der Waals surface area contributed by atoms with Crippen LogP contribution in [0.15, 0.2) is 12.1 Å². The third-order valence-corrected chi connectivity index (χ3v) is 2.96. The lowest BCUT2D eigenvalue weighted by molar-refractivity contribution is -0.386. The number of nitrogens with zero attached hydrogens (tertiary/aromatic N) is 3. The molecule has 8 nitrogen and oxygen atoms in total. The second kappa shape index (κ2) is 5.81. The highest BCUT2D eigenvalue weighted by atomic mass is 16.6. The van der Waals surface area contributed by atoms with Crippen molar-refractivity contribution in [1.82, 2.24) is 9.88 Å². The number of hydrogen-bond donors (Lipinski definition) is 2. The molecule has 0 saturated carbocycles. The maximum atomic E-state index is 10.9. The second-order valence-electron chi connectivity index (χ2n) is 4.92. The van der Waals surface area contributed by atoms with E-state index in [2.05, 4.69) is 10.4 Å². The number of rotatable bonds is 6. The van der Waals surface area contributed by atoms with E-state index >= 15 is 0 Å². The van der Waals surface area contributed by atoms with Crippen molar-refractivity contribution in [2.45, 2.75) is 19.4 Å². The molecule has 1 heterocycles. The van der Waals surface area contributed by atoms with Crippen LogP contribution in [-0.2, 0) is 0 Å². The Labute approximate surface area is 111 Å². The number of pyridine rings is 1. The summed E-state index contributed by atoms with van der Waals surface area (Å²) < 4.78 is 5.48. The van der Waals surface area contributed by atoms with Gasteiger partial charge in [0, 0.05) is 11.6 Å². The Balaban J connectivity index is 2.95. The highest BCUT2D eigenvalue weighted by Crippen LogP contribution is 2.27. The fraction of sp³-hybridized carbons (Fsp3) is 0.545. The summed E-state index contributed by atoms with van der Waals surface area (Å²) in [5.74, 6) is 5.49. The van der Waals surface area contributed by atoms with Gasteiger partial charge >= 0.3 is 5.69 Å².